The Kier molecular flexibility index (Phi) is 3.69. The van der Waals surface area contributed by atoms with Gasteiger partial charge < -0.3 is 0 Å². The van der Waals surface area contributed by atoms with E-state index in [0.717, 1.165) is 19.6 Å². The van der Waals surface area contributed by atoms with Crippen LogP contribution in [0.2, 0.25) is 0 Å². The van der Waals surface area contributed by atoms with Crippen LogP contribution in [-0.2, 0) is 9.59 Å². The van der Waals surface area contributed by atoms with E-state index in [1.165, 1.54) is 23.5 Å². The number of hydrogen-bond acceptors (Lipinski definition) is 6. The van der Waals surface area contributed by atoms with Gasteiger partial charge in [0.2, 0.25) is 0 Å². The van der Waals surface area contributed by atoms with Crippen molar-refractivity contribution in [2.24, 2.45) is 0 Å². The molecule has 2 nitrogen and oxygen atoms in total. The quantitative estimate of drug-likeness (QED) is 0.703. The molecule has 0 atom stereocenters. The summed E-state index contributed by atoms with van der Waals surface area (Å²) in [7, 11) is 0. The first-order chi connectivity index (χ1) is 10.7. The summed E-state index contributed by atoms with van der Waals surface area (Å²) >= 11 is 6.01. The second-order valence-electron chi connectivity index (χ2n) is 4.56. The van der Waals surface area contributed by atoms with E-state index >= 15 is 0 Å². The molecule has 108 valence electrons. The Hall–Kier alpha value is -1.34. The molecule has 0 fully saturated rings. The van der Waals surface area contributed by atoms with Gasteiger partial charge in [-0.25, -0.2) is 0 Å². The number of thioether (sulfide) groups is 2. The predicted octanol–water partition coefficient (Wildman–Crippen LogP) is 5.04. The molecule has 0 saturated carbocycles. The van der Waals surface area contributed by atoms with Crippen molar-refractivity contribution in [3.05, 3.63) is 66.7 Å². The smallest absolute Gasteiger partial charge is 0.194 e. The lowest BCUT2D eigenvalue weighted by Gasteiger charge is -2.02. The number of thiophene rings is 2. The maximum Gasteiger partial charge on any atom is 0.194 e. The minimum atomic E-state index is -0.0647. The molecule has 2 aromatic heterocycles. The van der Waals surface area contributed by atoms with Gasteiger partial charge in [0.25, 0.3) is 0 Å². The molecule has 2 aromatic rings. The molecule has 0 N–H and O–H groups in total. The van der Waals surface area contributed by atoms with Crippen LogP contribution in [0.15, 0.2) is 57.0 Å². The Morgan fingerprint density at radius 1 is 0.682 bits per heavy atom. The lowest BCUT2D eigenvalue weighted by Crippen LogP contribution is -1.98. The zero-order valence-electron chi connectivity index (χ0n) is 11.1. The van der Waals surface area contributed by atoms with Crippen molar-refractivity contribution in [3.8, 4) is 0 Å². The summed E-state index contributed by atoms with van der Waals surface area (Å²) in [6.45, 7) is 0. The van der Waals surface area contributed by atoms with Gasteiger partial charge in [0.05, 0.1) is 9.81 Å². The number of carbonyl (C=O) groups is 2. The van der Waals surface area contributed by atoms with Crippen molar-refractivity contribution in [2.75, 3.05) is 0 Å². The highest BCUT2D eigenvalue weighted by Crippen LogP contribution is 2.50. The first kappa shape index (κ1) is 14.3. The molecular weight excluding hydrogens is 352 g/mol. The Balaban J connectivity index is 1.64. The highest BCUT2D eigenvalue weighted by molar-refractivity contribution is 8.17. The van der Waals surface area contributed by atoms with E-state index in [1.807, 2.05) is 35.0 Å². The summed E-state index contributed by atoms with van der Waals surface area (Å²) in [6, 6.07) is 7.90. The summed E-state index contributed by atoms with van der Waals surface area (Å²) in [5.41, 5.74) is 0. The molecule has 4 heterocycles. The first-order valence-corrected chi connectivity index (χ1v) is 9.81. The Bertz CT molecular complexity index is 780. The highest BCUT2D eigenvalue weighted by Gasteiger charge is 2.31. The van der Waals surface area contributed by atoms with Crippen molar-refractivity contribution in [2.45, 2.75) is 0 Å². The topological polar surface area (TPSA) is 34.1 Å². The van der Waals surface area contributed by atoms with E-state index in [9.17, 15) is 9.59 Å². The fourth-order valence-electron chi connectivity index (χ4n) is 2.15. The van der Waals surface area contributed by atoms with Gasteiger partial charge in [0.15, 0.2) is 11.6 Å². The standard InChI is InChI=1S/C16H8O2S4/c17-9-7-13(11-3-1-5-19-11)21-15(9)16-10(18)8-14(22-16)12-4-2-6-20-12/h1-8H/b16-15+. The fourth-order valence-corrected chi connectivity index (χ4v) is 6.02. The number of hydrogen-bond donors (Lipinski definition) is 0. The van der Waals surface area contributed by atoms with Crippen molar-refractivity contribution >= 4 is 67.6 Å². The number of allylic oxidation sites excluding steroid dienone is 4. The zero-order valence-corrected chi connectivity index (χ0v) is 14.3. The van der Waals surface area contributed by atoms with E-state index in [0.29, 0.717) is 9.81 Å². The summed E-state index contributed by atoms with van der Waals surface area (Å²) in [4.78, 5) is 29.6. The third kappa shape index (κ3) is 2.46. The molecule has 6 heteroatoms. The van der Waals surface area contributed by atoms with Gasteiger partial charge in [0.1, 0.15) is 0 Å². The molecule has 2 aliphatic heterocycles. The van der Waals surface area contributed by atoms with Crippen LogP contribution in [-0.4, -0.2) is 11.6 Å². The summed E-state index contributed by atoms with van der Waals surface area (Å²) < 4.78 is 0. The second kappa shape index (κ2) is 5.70. The molecule has 0 spiro atoms. The van der Waals surface area contributed by atoms with Crippen LogP contribution in [0.3, 0.4) is 0 Å². The number of rotatable bonds is 2. The highest BCUT2D eigenvalue weighted by atomic mass is 32.2. The van der Waals surface area contributed by atoms with Gasteiger partial charge in [-0.15, -0.1) is 22.7 Å². The second-order valence-corrected chi connectivity index (χ2v) is 8.56. The number of carbonyl (C=O) groups excluding carboxylic acids is 2. The van der Waals surface area contributed by atoms with E-state index in [1.54, 1.807) is 34.8 Å². The molecule has 0 unspecified atom stereocenters. The molecule has 22 heavy (non-hydrogen) atoms. The summed E-state index contributed by atoms with van der Waals surface area (Å²) in [5.74, 6) is -0.129. The van der Waals surface area contributed by atoms with Crippen LogP contribution >= 0.6 is 46.2 Å². The molecule has 0 saturated heterocycles. The van der Waals surface area contributed by atoms with Crippen LogP contribution in [0.25, 0.3) is 9.81 Å². The average molecular weight is 361 g/mol. The van der Waals surface area contributed by atoms with Crippen LogP contribution in [0.1, 0.15) is 9.75 Å². The van der Waals surface area contributed by atoms with Gasteiger partial charge in [0, 0.05) is 31.7 Å². The molecule has 0 amide bonds. The van der Waals surface area contributed by atoms with Crippen molar-refractivity contribution < 1.29 is 9.59 Å². The van der Waals surface area contributed by atoms with E-state index in [-0.39, 0.29) is 11.6 Å². The van der Waals surface area contributed by atoms with Crippen LogP contribution < -0.4 is 0 Å². The normalized spacial score (nSPS) is 21.5. The van der Waals surface area contributed by atoms with E-state index in [4.69, 9.17) is 0 Å². The minimum Gasteiger partial charge on any atom is -0.289 e. The monoisotopic (exact) mass is 360 g/mol. The minimum absolute atomic E-state index is 0.0647. The van der Waals surface area contributed by atoms with Gasteiger partial charge in [-0.1, -0.05) is 35.7 Å². The van der Waals surface area contributed by atoms with Crippen molar-refractivity contribution in [3.63, 3.8) is 0 Å². The lowest BCUT2D eigenvalue weighted by atomic mass is 10.2. The van der Waals surface area contributed by atoms with Gasteiger partial charge >= 0.3 is 0 Å². The Labute approximate surface area is 143 Å². The molecular formula is C16H8O2S4. The zero-order chi connectivity index (χ0) is 15.1. The molecule has 0 bridgehead atoms. The first-order valence-electron chi connectivity index (χ1n) is 6.42. The summed E-state index contributed by atoms with van der Waals surface area (Å²) in [6.07, 6.45) is 3.27. The van der Waals surface area contributed by atoms with E-state index in [2.05, 4.69) is 0 Å². The molecule has 4 rings (SSSR count). The Morgan fingerprint density at radius 3 is 1.50 bits per heavy atom. The average Bonchev–Trinajstić information content (AvgIpc) is 3.25. The van der Waals surface area contributed by atoms with Crippen LogP contribution in [0.5, 0.6) is 0 Å². The maximum absolute atomic E-state index is 12.3. The maximum atomic E-state index is 12.3. The third-order valence-corrected chi connectivity index (χ3v) is 7.66. The van der Waals surface area contributed by atoms with Gasteiger partial charge in [-0.05, 0) is 22.9 Å². The summed E-state index contributed by atoms with van der Waals surface area (Å²) in [5, 5.41) is 3.97. The molecule has 2 aliphatic rings. The fraction of sp³-hybridized carbons (Fsp3) is 0. The van der Waals surface area contributed by atoms with E-state index < -0.39 is 0 Å². The van der Waals surface area contributed by atoms with Crippen molar-refractivity contribution in [1.29, 1.82) is 0 Å². The van der Waals surface area contributed by atoms with Crippen molar-refractivity contribution in [1.82, 2.24) is 0 Å². The number of ketones is 2. The largest absolute Gasteiger partial charge is 0.289 e. The molecule has 0 radical (unpaired) electrons. The SMILES string of the molecule is O=C1C=C(c2cccs2)S/C1=C1/SC(c2cccs2)=CC1=O. The lowest BCUT2D eigenvalue weighted by molar-refractivity contribution is -0.112. The molecule has 0 aliphatic carbocycles. The van der Waals surface area contributed by atoms with Gasteiger partial charge in [-0.3, -0.25) is 9.59 Å². The predicted molar refractivity (Wildman–Crippen MR) is 96.8 cm³/mol. The van der Waals surface area contributed by atoms with Gasteiger partial charge in [-0.2, -0.15) is 0 Å². The Morgan fingerprint density at radius 2 is 1.14 bits per heavy atom. The van der Waals surface area contributed by atoms with Crippen LogP contribution in [0.4, 0.5) is 0 Å². The molecule has 0 aromatic carbocycles. The third-order valence-electron chi connectivity index (χ3n) is 3.13. The van der Waals surface area contributed by atoms with Crippen LogP contribution in [0, 0.1) is 0 Å².